The smallest absolute Gasteiger partial charge is 0.226 e. The largest absolute Gasteiger partial charge is 0.396 e. The lowest BCUT2D eigenvalue weighted by Gasteiger charge is -2.18. The van der Waals surface area contributed by atoms with E-state index in [1.165, 1.54) is 11.1 Å². The monoisotopic (exact) mass is 247 g/mol. The van der Waals surface area contributed by atoms with Crippen LogP contribution in [0.2, 0.25) is 0 Å². The molecule has 3 nitrogen and oxygen atoms in total. The molecular formula is C15H21NO2. The first-order valence-corrected chi connectivity index (χ1v) is 6.71. The van der Waals surface area contributed by atoms with Gasteiger partial charge in [-0.25, -0.2) is 0 Å². The number of hydrogen-bond donors (Lipinski definition) is 1. The van der Waals surface area contributed by atoms with Crippen molar-refractivity contribution >= 4 is 11.6 Å². The zero-order chi connectivity index (χ0) is 13.0. The van der Waals surface area contributed by atoms with Crippen LogP contribution in [0, 0.1) is 0 Å². The Morgan fingerprint density at radius 2 is 2.11 bits per heavy atom. The first kappa shape index (κ1) is 13.1. The van der Waals surface area contributed by atoms with Gasteiger partial charge in [0.2, 0.25) is 5.91 Å². The Kier molecular flexibility index (Phi) is 4.37. The Morgan fingerprint density at radius 3 is 2.89 bits per heavy atom. The molecule has 1 aromatic rings. The molecular weight excluding hydrogens is 226 g/mol. The van der Waals surface area contributed by atoms with E-state index in [0.717, 1.165) is 37.8 Å². The number of carbonyl (C=O) groups excluding carboxylic acids is 1. The van der Waals surface area contributed by atoms with E-state index in [1.807, 2.05) is 7.05 Å². The summed E-state index contributed by atoms with van der Waals surface area (Å²) in [5.41, 5.74) is 3.59. The maximum absolute atomic E-state index is 11.8. The first-order chi connectivity index (χ1) is 8.72. The molecule has 0 fully saturated rings. The van der Waals surface area contributed by atoms with Gasteiger partial charge in [0.05, 0.1) is 0 Å². The molecule has 0 aromatic heterocycles. The quantitative estimate of drug-likeness (QED) is 0.829. The molecule has 1 aliphatic heterocycles. The van der Waals surface area contributed by atoms with Gasteiger partial charge in [-0.05, 0) is 49.3 Å². The zero-order valence-corrected chi connectivity index (χ0v) is 11.0. The second-order valence-electron chi connectivity index (χ2n) is 4.95. The van der Waals surface area contributed by atoms with E-state index in [-0.39, 0.29) is 12.5 Å². The van der Waals surface area contributed by atoms with E-state index in [9.17, 15) is 4.79 Å². The molecule has 2 rings (SSSR count). The van der Waals surface area contributed by atoms with Gasteiger partial charge in [0, 0.05) is 25.8 Å². The summed E-state index contributed by atoms with van der Waals surface area (Å²) in [5.74, 6) is 0.209. The van der Waals surface area contributed by atoms with Gasteiger partial charge in [0.1, 0.15) is 0 Å². The number of anilines is 1. The van der Waals surface area contributed by atoms with Crippen LogP contribution >= 0.6 is 0 Å². The van der Waals surface area contributed by atoms with Crippen LogP contribution in [-0.4, -0.2) is 24.7 Å². The number of aryl methyl sites for hydroxylation is 2. The topological polar surface area (TPSA) is 40.5 Å². The number of nitrogens with zero attached hydrogens (tertiary/aromatic N) is 1. The molecule has 3 heteroatoms. The molecule has 1 amide bonds. The predicted molar refractivity (Wildman–Crippen MR) is 72.8 cm³/mol. The van der Waals surface area contributed by atoms with Crippen LogP contribution in [0.4, 0.5) is 5.69 Å². The average Bonchev–Trinajstić information content (AvgIpc) is 2.51. The molecule has 0 radical (unpaired) electrons. The first-order valence-electron chi connectivity index (χ1n) is 6.71. The van der Waals surface area contributed by atoms with E-state index in [4.69, 9.17) is 5.11 Å². The molecule has 0 spiro atoms. The molecule has 98 valence electrons. The summed E-state index contributed by atoms with van der Waals surface area (Å²) in [7, 11) is 1.87. The van der Waals surface area contributed by atoms with Crippen molar-refractivity contribution in [3.05, 3.63) is 29.3 Å². The number of hydrogen-bond acceptors (Lipinski definition) is 2. The summed E-state index contributed by atoms with van der Waals surface area (Å²) in [6, 6.07) is 6.44. The fourth-order valence-corrected chi connectivity index (χ4v) is 2.46. The second-order valence-corrected chi connectivity index (χ2v) is 4.95. The maximum atomic E-state index is 11.8. The summed E-state index contributed by atoms with van der Waals surface area (Å²) in [6.45, 7) is 0.253. The third-order valence-corrected chi connectivity index (χ3v) is 3.60. The molecule has 1 aliphatic rings. The summed E-state index contributed by atoms with van der Waals surface area (Å²) >= 11 is 0. The van der Waals surface area contributed by atoms with Gasteiger partial charge >= 0.3 is 0 Å². The molecule has 1 heterocycles. The fraction of sp³-hybridized carbons (Fsp3) is 0.533. The van der Waals surface area contributed by atoms with Crippen LogP contribution < -0.4 is 4.90 Å². The van der Waals surface area contributed by atoms with E-state index >= 15 is 0 Å². The van der Waals surface area contributed by atoms with E-state index in [0.29, 0.717) is 6.42 Å². The highest BCUT2D eigenvalue weighted by Gasteiger charge is 2.18. The van der Waals surface area contributed by atoms with Gasteiger partial charge in [-0.3, -0.25) is 4.79 Å². The number of fused-ring (bicyclic) bond motifs is 1. The van der Waals surface area contributed by atoms with Gasteiger partial charge in [-0.2, -0.15) is 0 Å². The zero-order valence-electron chi connectivity index (χ0n) is 11.0. The predicted octanol–water partition coefficient (Wildman–Crippen LogP) is 2.30. The Bertz CT molecular complexity index is 429. The minimum atomic E-state index is 0.209. The SMILES string of the molecule is CN1C(=O)CCCc2ccc(CCCCO)cc21. The van der Waals surface area contributed by atoms with Crippen LogP contribution in [0.15, 0.2) is 18.2 Å². The normalized spacial score (nSPS) is 15.4. The van der Waals surface area contributed by atoms with Crippen LogP contribution in [0.1, 0.15) is 36.8 Å². The van der Waals surface area contributed by atoms with Gasteiger partial charge in [0.25, 0.3) is 0 Å². The maximum Gasteiger partial charge on any atom is 0.226 e. The number of amides is 1. The van der Waals surface area contributed by atoms with E-state index in [2.05, 4.69) is 18.2 Å². The number of aliphatic hydroxyl groups is 1. The van der Waals surface area contributed by atoms with Gasteiger partial charge < -0.3 is 10.0 Å². The van der Waals surface area contributed by atoms with Crippen molar-refractivity contribution in [2.45, 2.75) is 38.5 Å². The molecule has 0 aliphatic carbocycles. The summed E-state index contributed by atoms with van der Waals surface area (Å²) in [4.78, 5) is 13.6. The van der Waals surface area contributed by atoms with Crippen molar-refractivity contribution in [1.82, 2.24) is 0 Å². The van der Waals surface area contributed by atoms with Crippen molar-refractivity contribution in [2.75, 3.05) is 18.6 Å². The van der Waals surface area contributed by atoms with Crippen LogP contribution in [-0.2, 0) is 17.6 Å². The van der Waals surface area contributed by atoms with Crippen molar-refractivity contribution in [3.63, 3.8) is 0 Å². The standard InChI is InChI=1S/C15H21NO2/c1-16-14-11-12(5-2-3-10-17)8-9-13(14)6-4-7-15(16)18/h8-9,11,17H,2-7,10H2,1H3. The van der Waals surface area contributed by atoms with Crippen molar-refractivity contribution < 1.29 is 9.90 Å². The number of aliphatic hydroxyl groups excluding tert-OH is 1. The Morgan fingerprint density at radius 1 is 1.28 bits per heavy atom. The fourth-order valence-electron chi connectivity index (χ4n) is 2.46. The molecule has 0 unspecified atom stereocenters. The highest BCUT2D eigenvalue weighted by Crippen LogP contribution is 2.27. The van der Waals surface area contributed by atoms with Crippen molar-refractivity contribution in [1.29, 1.82) is 0 Å². The Labute approximate surface area is 108 Å². The number of rotatable bonds is 4. The number of carbonyl (C=O) groups is 1. The lowest BCUT2D eigenvalue weighted by atomic mass is 10.0. The third kappa shape index (κ3) is 2.91. The highest BCUT2D eigenvalue weighted by molar-refractivity contribution is 5.94. The van der Waals surface area contributed by atoms with Gasteiger partial charge in [-0.1, -0.05) is 12.1 Å². The molecule has 1 N–H and O–H groups in total. The average molecular weight is 247 g/mol. The molecule has 0 saturated carbocycles. The molecule has 1 aromatic carbocycles. The summed E-state index contributed by atoms with van der Waals surface area (Å²) < 4.78 is 0. The van der Waals surface area contributed by atoms with Crippen molar-refractivity contribution in [3.8, 4) is 0 Å². The van der Waals surface area contributed by atoms with Gasteiger partial charge in [0.15, 0.2) is 0 Å². The molecule has 0 atom stereocenters. The van der Waals surface area contributed by atoms with Crippen LogP contribution in [0.3, 0.4) is 0 Å². The number of unbranched alkanes of at least 4 members (excludes halogenated alkanes) is 1. The number of benzene rings is 1. The lowest BCUT2D eigenvalue weighted by Crippen LogP contribution is -2.25. The minimum Gasteiger partial charge on any atom is -0.396 e. The highest BCUT2D eigenvalue weighted by atomic mass is 16.2. The second kappa shape index (κ2) is 6.01. The molecule has 18 heavy (non-hydrogen) atoms. The van der Waals surface area contributed by atoms with E-state index in [1.54, 1.807) is 4.90 Å². The third-order valence-electron chi connectivity index (χ3n) is 3.60. The van der Waals surface area contributed by atoms with Crippen LogP contribution in [0.5, 0.6) is 0 Å². The Balaban J connectivity index is 2.18. The molecule has 0 saturated heterocycles. The molecule has 0 bridgehead atoms. The Hall–Kier alpha value is -1.35. The van der Waals surface area contributed by atoms with Crippen LogP contribution in [0.25, 0.3) is 0 Å². The van der Waals surface area contributed by atoms with Crippen molar-refractivity contribution in [2.24, 2.45) is 0 Å². The van der Waals surface area contributed by atoms with E-state index < -0.39 is 0 Å². The summed E-state index contributed by atoms with van der Waals surface area (Å²) in [6.07, 6.45) is 5.38. The summed E-state index contributed by atoms with van der Waals surface area (Å²) in [5, 5.41) is 8.80. The lowest BCUT2D eigenvalue weighted by molar-refractivity contribution is -0.118. The van der Waals surface area contributed by atoms with Gasteiger partial charge in [-0.15, -0.1) is 0 Å². The minimum absolute atomic E-state index is 0.209.